The number of anilines is 1. The van der Waals surface area contributed by atoms with Crippen molar-refractivity contribution in [1.82, 2.24) is 10.6 Å². The lowest BCUT2D eigenvalue weighted by Crippen LogP contribution is -2.38. The third-order valence-electron chi connectivity index (χ3n) is 5.64. The van der Waals surface area contributed by atoms with Crippen molar-refractivity contribution >= 4 is 28.8 Å². The van der Waals surface area contributed by atoms with Gasteiger partial charge in [0.1, 0.15) is 11.6 Å². The number of rotatable bonds is 11. The molecular weight excluding hydrogens is 445 g/mol. The van der Waals surface area contributed by atoms with E-state index in [1.54, 1.807) is 37.3 Å². The standard InChI is InChI=1S/C26H30FN3O3.C2H6/c1-18(29-26(32)15-28-2)11-12-19-7-4-5-10-24(19)30(17-31)16-22-20-8-6-9-23(27)21(20)13-14-25(22)33-3;1-2/h4-10,13-14,17-18,28H,11-12,15-16H2,1-3H3,(H,29,32);1-2H3. The molecule has 0 aliphatic heterocycles. The van der Waals surface area contributed by atoms with E-state index in [1.165, 1.54) is 6.07 Å². The fraction of sp³-hybridized carbons (Fsp3) is 0.357. The molecule has 0 saturated carbocycles. The molecule has 1 unspecified atom stereocenters. The van der Waals surface area contributed by atoms with Crippen molar-refractivity contribution in [2.45, 2.75) is 46.2 Å². The van der Waals surface area contributed by atoms with Gasteiger partial charge in [-0.2, -0.15) is 0 Å². The number of benzene rings is 3. The smallest absolute Gasteiger partial charge is 0.234 e. The van der Waals surface area contributed by atoms with E-state index in [0.29, 0.717) is 22.9 Å². The first-order chi connectivity index (χ1) is 17.0. The van der Waals surface area contributed by atoms with E-state index in [4.69, 9.17) is 4.74 Å². The minimum Gasteiger partial charge on any atom is -0.496 e. The first kappa shape index (κ1) is 27.8. The van der Waals surface area contributed by atoms with Gasteiger partial charge >= 0.3 is 0 Å². The van der Waals surface area contributed by atoms with E-state index in [2.05, 4.69) is 10.6 Å². The SMILES string of the molecule is CC.CNCC(=O)NC(C)CCc1ccccc1N(C=O)Cc1c(OC)ccc2c(F)cccc12. The molecule has 0 aliphatic carbocycles. The first-order valence-corrected chi connectivity index (χ1v) is 12.0. The summed E-state index contributed by atoms with van der Waals surface area (Å²) in [5.74, 6) is 0.227. The van der Waals surface area contributed by atoms with Gasteiger partial charge in [-0.25, -0.2) is 4.39 Å². The van der Waals surface area contributed by atoms with Crippen LogP contribution in [0.5, 0.6) is 5.75 Å². The number of halogens is 1. The summed E-state index contributed by atoms with van der Waals surface area (Å²) in [5.41, 5.74) is 2.51. The number of nitrogens with zero attached hydrogens (tertiary/aromatic N) is 1. The number of hydrogen-bond donors (Lipinski definition) is 2. The number of hydrogen-bond acceptors (Lipinski definition) is 4. The van der Waals surface area contributed by atoms with Gasteiger partial charge in [-0.05, 0) is 62.0 Å². The highest BCUT2D eigenvalue weighted by molar-refractivity contribution is 5.89. The third kappa shape index (κ3) is 7.26. The molecule has 3 rings (SSSR count). The second kappa shape index (κ2) is 14.1. The summed E-state index contributed by atoms with van der Waals surface area (Å²) >= 11 is 0. The zero-order valence-electron chi connectivity index (χ0n) is 21.2. The third-order valence-corrected chi connectivity index (χ3v) is 5.64. The van der Waals surface area contributed by atoms with Crippen molar-refractivity contribution in [3.05, 3.63) is 71.5 Å². The number of nitrogens with one attached hydrogen (secondary N) is 2. The lowest BCUT2D eigenvalue weighted by atomic mass is 10.0. The predicted molar refractivity (Wildman–Crippen MR) is 140 cm³/mol. The van der Waals surface area contributed by atoms with Crippen molar-refractivity contribution in [1.29, 1.82) is 0 Å². The van der Waals surface area contributed by atoms with Crippen molar-refractivity contribution in [3.63, 3.8) is 0 Å². The van der Waals surface area contributed by atoms with Gasteiger partial charge in [0.15, 0.2) is 0 Å². The summed E-state index contributed by atoms with van der Waals surface area (Å²) in [4.78, 5) is 25.6. The highest BCUT2D eigenvalue weighted by atomic mass is 19.1. The average Bonchev–Trinajstić information content (AvgIpc) is 2.87. The van der Waals surface area contributed by atoms with Crippen molar-refractivity contribution in [3.8, 4) is 5.75 Å². The number of carbonyl (C=O) groups is 2. The van der Waals surface area contributed by atoms with E-state index in [0.717, 1.165) is 29.6 Å². The molecule has 2 amide bonds. The summed E-state index contributed by atoms with van der Waals surface area (Å²) in [6.07, 6.45) is 2.19. The van der Waals surface area contributed by atoms with Crippen LogP contribution in [0.25, 0.3) is 10.8 Å². The molecular formula is C28H36FN3O3. The molecule has 0 saturated heterocycles. The molecule has 7 heteroatoms. The number of methoxy groups -OCH3 is 1. The lowest BCUT2D eigenvalue weighted by Gasteiger charge is -2.24. The Morgan fingerprint density at radius 2 is 1.83 bits per heavy atom. The van der Waals surface area contributed by atoms with Gasteiger partial charge in [-0.15, -0.1) is 0 Å². The summed E-state index contributed by atoms with van der Waals surface area (Å²) in [7, 11) is 3.29. The summed E-state index contributed by atoms with van der Waals surface area (Å²) in [6.45, 7) is 6.47. The Labute approximate surface area is 207 Å². The van der Waals surface area contributed by atoms with Crippen LogP contribution in [-0.2, 0) is 22.6 Å². The molecule has 0 aromatic heterocycles. The van der Waals surface area contributed by atoms with E-state index in [-0.39, 0.29) is 30.9 Å². The van der Waals surface area contributed by atoms with E-state index < -0.39 is 0 Å². The minimum atomic E-state index is -0.316. The fourth-order valence-electron chi connectivity index (χ4n) is 4.00. The van der Waals surface area contributed by atoms with Crippen LogP contribution < -0.4 is 20.3 Å². The number of fused-ring (bicyclic) bond motifs is 1. The minimum absolute atomic E-state index is 0.00952. The summed E-state index contributed by atoms with van der Waals surface area (Å²) < 4.78 is 19.9. The van der Waals surface area contributed by atoms with Gasteiger partial charge in [0.25, 0.3) is 0 Å². The number of amides is 2. The molecule has 2 N–H and O–H groups in total. The van der Waals surface area contributed by atoms with Gasteiger partial charge in [0, 0.05) is 22.7 Å². The molecule has 0 bridgehead atoms. The monoisotopic (exact) mass is 481 g/mol. The zero-order valence-corrected chi connectivity index (χ0v) is 21.2. The van der Waals surface area contributed by atoms with Gasteiger partial charge in [0.05, 0.1) is 20.2 Å². The van der Waals surface area contributed by atoms with Crippen molar-refractivity contribution in [2.24, 2.45) is 0 Å². The number of likely N-dealkylation sites (N-methyl/N-ethyl adjacent to an activating group) is 1. The number of aryl methyl sites for hydroxylation is 1. The largest absolute Gasteiger partial charge is 0.496 e. The van der Waals surface area contributed by atoms with Crippen molar-refractivity contribution in [2.75, 3.05) is 25.6 Å². The Morgan fingerprint density at radius 3 is 2.51 bits per heavy atom. The zero-order chi connectivity index (χ0) is 25.8. The molecule has 6 nitrogen and oxygen atoms in total. The maximum atomic E-state index is 14.4. The Kier molecular flexibility index (Phi) is 11.2. The van der Waals surface area contributed by atoms with Crippen molar-refractivity contribution < 1.29 is 18.7 Å². The highest BCUT2D eigenvalue weighted by Crippen LogP contribution is 2.32. The van der Waals surface area contributed by atoms with Gasteiger partial charge in [0.2, 0.25) is 12.3 Å². The predicted octanol–water partition coefficient (Wildman–Crippen LogP) is 4.83. The number of para-hydroxylation sites is 1. The second-order valence-electron chi connectivity index (χ2n) is 7.98. The summed E-state index contributed by atoms with van der Waals surface area (Å²) in [5, 5.41) is 6.99. The maximum absolute atomic E-state index is 14.4. The van der Waals surface area contributed by atoms with E-state index in [1.807, 2.05) is 51.1 Å². The second-order valence-corrected chi connectivity index (χ2v) is 7.98. The quantitative estimate of drug-likeness (QED) is 0.385. The average molecular weight is 482 g/mol. The van der Waals surface area contributed by atoms with Crippen LogP contribution in [0.1, 0.15) is 38.3 Å². The molecule has 35 heavy (non-hydrogen) atoms. The Hall–Kier alpha value is -3.45. The Bertz CT molecular complexity index is 1120. The molecule has 0 radical (unpaired) electrons. The normalized spacial score (nSPS) is 11.3. The van der Waals surface area contributed by atoms with Crippen LogP contribution in [0.2, 0.25) is 0 Å². The molecule has 0 aliphatic rings. The van der Waals surface area contributed by atoms with Crippen LogP contribution in [0, 0.1) is 5.82 Å². The van der Waals surface area contributed by atoms with Gasteiger partial charge in [-0.1, -0.05) is 44.2 Å². The molecule has 3 aromatic rings. The first-order valence-electron chi connectivity index (χ1n) is 12.0. The van der Waals surface area contributed by atoms with Crippen LogP contribution in [0.4, 0.5) is 10.1 Å². The lowest BCUT2D eigenvalue weighted by molar-refractivity contribution is -0.120. The maximum Gasteiger partial charge on any atom is 0.234 e. The van der Waals surface area contributed by atoms with Gasteiger partial charge < -0.3 is 20.3 Å². The Balaban J connectivity index is 0.00000210. The van der Waals surface area contributed by atoms with Gasteiger partial charge in [-0.3, -0.25) is 9.59 Å². The van der Waals surface area contributed by atoms with Crippen LogP contribution in [-0.4, -0.2) is 39.1 Å². The molecule has 3 aromatic carbocycles. The van der Waals surface area contributed by atoms with Crippen LogP contribution in [0.3, 0.4) is 0 Å². The molecule has 1 atom stereocenters. The van der Waals surface area contributed by atoms with E-state index >= 15 is 0 Å². The molecule has 188 valence electrons. The highest BCUT2D eigenvalue weighted by Gasteiger charge is 2.17. The van der Waals surface area contributed by atoms with E-state index in [9.17, 15) is 14.0 Å². The Morgan fingerprint density at radius 1 is 1.09 bits per heavy atom. The fourth-order valence-corrected chi connectivity index (χ4v) is 4.00. The number of carbonyl (C=O) groups excluding carboxylic acids is 2. The topological polar surface area (TPSA) is 70.7 Å². The molecule has 0 spiro atoms. The van der Waals surface area contributed by atoms with Crippen LogP contribution in [0.15, 0.2) is 54.6 Å². The molecule has 0 fully saturated rings. The van der Waals surface area contributed by atoms with Crippen LogP contribution >= 0.6 is 0 Å². The molecule has 0 heterocycles. The summed E-state index contributed by atoms with van der Waals surface area (Å²) in [6, 6.07) is 16.0. The number of ether oxygens (including phenoxy) is 1.